The largest absolute Gasteiger partial charge is 0.287 e. The van der Waals surface area contributed by atoms with E-state index in [0.29, 0.717) is 15.6 Å². The SMILES string of the molecule is O=C(c1ccccc1Cl)c1ncc(Cl)cc1Cl. The summed E-state index contributed by atoms with van der Waals surface area (Å²) in [4.78, 5) is 16.0. The van der Waals surface area contributed by atoms with Gasteiger partial charge in [0, 0.05) is 11.8 Å². The van der Waals surface area contributed by atoms with E-state index in [-0.39, 0.29) is 16.5 Å². The van der Waals surface area contributed by atoms with E-state index >= 15 is 0 Å². The number of pyridine rings is 1. The van der Waals surface area contributed by atoms with Crippen LogP contribution in [0.4, 0.5) is 0 Å². The van der Waals surface area contributed by atoms with Gasteiger partial charge >= 0.3 is 0 Å². The van der Waals surface area contributed by atoms with Gasteiger partial charge in [-0.3, -0.25) is 4.79 Å². The van der Waals surface area contributed by atoms with Crippen LogP contribution in [0.1, 0.15) is 16.1 Å². The minimum atomic E-state index is -0.322. The molecule has 2 nitrogen and oxygen atoms in total. The Bertz CT molecular complexity index is 584. The maximum Gasteiger partial charge on any atom is 0.214 e. The van der Waals surface area contributed by atoms with Crippen LogP contribution in [0.2, 0.25) is 15.1 Å². The van der Waals surface area contributed by atoms with Gasteiger partial charge in [0.05, 0.1) is 15.1 Å². The highest BCUT2D eigenvalue weighted by Gasteiger charge is 2.17. The van der Waals surface area contributed by atoms with Crippen LogP contribution in [-0.2, 0) is 0 Å². The zero-order chi connectivity index (χ0) is 12.4. The lowest BCUT2D eigenvalue weighted by atomic mass is 10.1. The zero-order valence-corrected chi connectivity index (χ0v) is 10.7. The van der Waals surface area contributed by atoms with Gasteiger partial charge < -0.3 is 0 Å². The van der Waals surface area contributed by atoms with E-state index in [4.69, 9.17) is 34.8 Å². The topological polar surface area (TPSA) is 30.0 Å². The molecular formula is C12H6Cl3NO. The fourth-order valence-electron chi connectivity index (χ4n) is 1.35. The number of aromatic nitrogens is 1. The Balaban J connectivity index is 2.48. The molecule has 0 bridgehead atoms. The molecule has 0 spiro atoms. The molecule has 2 rings (SSSR count). The number of carbonyl (C=O) groups excluding carboxylic acids is 1. The molecule has 2 aromatic rings. The molecule has 0 aliphatic carbocycles. The third kappa shape index (κ3) is 2.60. The maximum atomic E-state index is 12.1. The number of hydrogen-bond donors (Lipinski definition) is 0. The van der Waals surface area contributed by atoms with E-state index in [2.05, 4.69) is 4.98 Å². The van der Waals surface area contributed by atoms with E-state index in [1.807, 2.05) is 0 Å². The minimum Gasteiger partial charge on any atom is -0.287 e. The summed E-state index contributed by atoms with van der Waals surface area (Å²) in [7, 11) is 0. The average Bonchev–Trinajstić information content (AvgIpc) is 2.29. The molecule has 5 heteroatoms. The molecule has 86 valence electrons. The highest BCUT2D eigenvalue weighted by atomic mass is 35.5. The molecule has 0 N–H and O–H groups in total. The lowest BCUT2D eigenvalue weighted by Crippen LogP contribution is -2.05. The van der Waals surface area contributed by atoms with Crippen LogP contribution in [-0.4, -0.2) is 10.8 Å². The fourth-order valence-corrected chi connectivity index (χ4v) is 2.04. The molecule has 0 unspecified atom stereocenters. The first-order valence-corrected chi connectivity index (χ1v) is 5.83. The van der Waals surface area contributed by atoms with Crippen molar-refractivity contribution in [2.24, 2.45) is 0 Å². The predicted molar refractivity (Wildman–Crippen MR) is 69.1 cm³/mol. The first-order valence-electron chi connectivity index (χ1n) is 4.70. The maximum absolute atomic E-state index is 12.1. The summed E-state index contributed by atoms with van der Waals surface area (Å²) in [6, 6.07) is 8.20. The molecule has 0 saturated heterocycles. The van der Waals surface area contributed by atoms with Crippen molar-refractivity contribution in [3.63, 3.8) is 0 Å². The Kier molecular flexibility index (Phi) is 3.67. The van der Waals surface area contributed by atoms with E-state index in [1.54, 1.807) is 24.3 Å². The number of carbonyl (C=O) groups is 1. The molecule has 0 radical (unpaired) electrons. The molecule has 1 aromatic carbocycles. The van der Waals surface area contributed by atoms with Crippen LogP contribution in [0.3, 0.4) is 0 Å². The number of halogens is 3. The Morgan fingerprint density at radius 3 is 2.41 bits per heavy atom. The van der Waals surface area contributed by atoms with Gasteiger partial charge in [-0.15, -0.1) is 0 Å². The van der Waals surface area contributed by atoms with Crippen LogP contribution in [0.25, 0.3) is 0 Å². The van der Waals surface area contributed by atoms with Crippen molar-refractivity contribution in [3.05, 3.63) is 62.9 Å². The molecule has 0 amide bonds. The summed E-state index contributed by atoms with van der Waals surface area (Å²) in [5.41, 5.74) is 0.509. The molecular weight excluding hydrogens is 280 g/mol. The Morgan fingerprint density at radius 1 is 1.06 bits per heavy atom. The van der Waals surface area contributed by atoms with Gasteiger partial charge in [0.2, 0.25) is 5.78 Å². The lowest BCUT2D eigenvalue weighted by molar-refractivity contribution is 0.103. The van der Waals surface area contributed by atoms with E-state index in [1.165, 1.54) is 12.3 Å². The van der Waals surface area contributed by atoms with Crippen LogP contribution >= 0.6 is 34.8 Å². The molecule has 1 heterocycles. The Hall–Kier alpha value is -1.09. The van der Waals surface area contributed by atoms with E-state index in [9.17, 15) is 4.79 Å². The second kappa shape index (κ2) is 5.05. The Labute approximate surface area is 113 Å². The van der Waals surface area contributed by atoms with E-state index < -0.39 is 0 Å². The molecule has 0 fully saturated rings. The minimum absolute atomic E-state index is 0.143. The van der Waals surface area contributed by atoms with Gasteiger partial charge in [-0.25, -0.2) is 4.98 Å². The smallest absolute Gasteiger partial charge is 0.214 e. The lowest BCUT2D eigenvalue weighted by Gasteiger charge is -2.04. The van der Waals surface area contributed by atoms with Gasteiger partial charge in [-0.1, -0.05) is 46.9 Å². The van der Waals surface area contributed by atoms with E-state index in [0.717, 1.165) is 0 Å². The number of benzene rings is 1. The molecule has 0 aliphatic heterocycles. The van der Waals surface area contributed by atoms with Crippen molar-refractivity contribution < 1.29 is 4.79 Å². The summed E-state index contributed by atoms with van der Waals surface area (Å²) < 4.78 is 0. The first-order chi connectivity index (χ1) is 8.09. The molecule has 17 heavy (non-hydrogen) atoms. The fraction of sp³-hybridized carbons (Fsp3) is 0. The summed E-state index contributed by atoms with van der Waals surface area (Å²) in [6.07, 6.45) is 1.37. The second-order valence-electron chi connectivity index (χ2n) is 3.29. The summed E-state index contributed by atoms with van der Waals surface area (Å²) in [6.45, 7) is 0. The average molecular weight is 287 g/mol. The summed E-state index contributed by atoms with van der Waals surface area (Å²) >= 11 is 17.6. The normalized spacial score (nSPS) is 10.3. The van der Waals surface area contributed by atoms with Gasteiger partial charge in [0.25, 0.3) is 0 Å². The number of ketones is 1. The highest BCUT2D eigenvalue weighted by Crippen LogP contribution is 2.24. The third-order valence-electron chi connectivity index (χ3n) is 2.14. The Morgan fingerprint density at radius 2 is 1.76 bits per heavy atom. The van der Waals surface area contributed by atoms with Crippen molar-refractivity contribution in [3.8, 4) is 0 Å². The number of hydrogen-bond acceptors (Lipinski definition) is 2. The third-order valence-corrected chi connectivity index (χ3v) is 2.97. The quantitative estimate of drug-likeness (QED) is 0.772. The molecule has 0 aliphatic rings. The van der Waals surface area contributed by atoms with Gasteiger partial charge in [-0.2, -0.15) is 0 Å². The van der Waals surface area contributed by atoms with Crippen molar-refractivity contribution in [2.75, 3.05) is 0 Å². The molecule has 1 aromatic heterocycles. The van der Waals surface area contributed by atoms with Gasteiger partial charge in [0.1, 0.15) is 5.69 Å². The second-order valence-corrected chi connectivity index (χ2v) is 4.54. The highest BCUT2D eigenvalue weighted by molar-refractivity contribution is 6.39. The molecule has 0 saturated carbocycles. The van der Waals surface area contributed by atoms with Crippen LogP contribution in [0.5, 0.6) is 0 Å². The van der Waals surface area contributed by atoms with Crippen LogP contribution < -0.4 is 0 Å². The van der Waals surface area contributed by atoms with Crippen LogP contribution in [0.15, 0.2) is 36.5 Å². The summed E-state index contributed by atoms with van der Waals surface area (Å²) in [5, 5.41) is 0.957. The number of rotatable bonds is 2. The van der Waals surface area contributed by atoms with Crippen molar-refractivity contribution >= 4 is 40.6 Å². The standard InChI is InChI=1S/C12H6Cl3NO/c13-7-5-10(15)11(16-6-7)12(17)8-3-1-2-4-9(8)14/h1-6H. The zero-order valence-electron chi connectivity index (χ0n) is 8.45. The summed E-state index contributed by atoms with van der Waals surface area (Å²) in [5.74, 6) is -0.322. The van der Waals surface area contributed by atoms with Crippen molar-refractivity contribution in [2.45, 2.75) is 0 Å². The van der Waals surface area contributed by atoms with Crippen molar-refractivity contribution in [1.82, 2.24) is 4.98 Å². The van der Waals surface area contributed by atoms with Gasteiger partial charge in [0.15, 0.2) is 0 Å². The van der Waals surface area contributed by atoms with Crippen molar-refractivity contribution in [1.29, 1.82) is 0 Å². The molecule has 0 atom stereocenters. The van der Waals surface area contributed by atoms with Crippen LogP contribution in [0, 0.1) is 0 Å². The van der Waals surface area contributed by atoms with Gasteiger partial charge in [-0.05, 0) is 18.2 Å². The number of nitrogens with zero attached hydrogens (tertiary/aromatic N) is 1. The first kappa shape index (κ1) is 12.4. The monoisotopic (exact) mass is 285 g/mol. The predicted octanol–water partition coefficient (Wildman–Crippen LogP) is 4.27.